The molecule has 1 aromatic rings. The summed E-state index contributed by atoms with van der Waals surface area (Å²) in [4.78, 5) is 12.7. The Kier molecular flexibility index (Phi) is 4.69. The Morgan fingerprint density at radius 3 is 2.88 bits per heavy atom. The second-order valence-corrected chi connectivity index (χ2v) is 7.87. The Balaban J connectivity index is 1.41. The third kappa shape index (κ3) is 3.40. The van der Waals surface area contributed by atoms with Crippen LogP contribution in [0.4, 0.5) is 0 Å². The molecule has 1 aliphatic heterocycles. The van der Waals surface area contributed by atoms with Gasteiger partial charge in [-0.25, -0.2) is 0 Å². The summed E-state index contributed by atoms with van der Waals surface area (Å²) in [5.41, 5.74) is 8.46. The molecule has 0 spiro atoms. The van der Waals surface area contributed by atoms with Crippen molar-refractivity contribution >= 4 is 5.91 Å². The Bertz CT molecular complexity index is 640. The lowest BCUT2D eigenvalue weighted by Crippen LogP contribution is -2.45. The zero-order chi connectivity index (χ0) is 17.4. The molecule has 2 bridgehead atoms. The molecular weight excluding hydrogens is 316 g/mol. The first-order chi connectivity index (χ1) is 12.1. The second-order valence-electron chi connectivity index (χ2n) is 7.87. The molecule has 4 rings (SSSR count). The van der Waals surface area contributed by atoms with Crippen molar-refractivity contribution in [2.24, 2.45) is 23.5 Å². The van der Waals surface area contributed by atoms with E-state index in [4.69, 9.17) is 15.2 Å². The molecule has 5 heteroatoms. The number of aryl methyl sites for hydroxylation is 1. The fourth-order valence-electron chi connectivity index (χ4n) is 4.73. The maximum atomic E-state index is 12.7. The van der Waals surface area contributed by atoms with Crippen molar-refractivity contribution in [1.82, 2.24) is 5.32 Å². The van der Waals surface area contributed by atoms with Crippen molar-refractivity contribution in [3.8, 4) is 5.75 Å². The number of ether oxygens (including phenoxy) is 2. The Morgan fingerprint density at radius 1 is 1.32 bits per heavy atom. The minimum Gasteiger partial charge on any atom is -0.488 e. The molecule has 3 N–H and O–H groups in total. The van der Waals surface area contributed by atoms with Gasteiger partial charge in [-0.15, -0.1) is 0 Å². The van der Waals surface area contributed by atoms with E-state index in [9.17, 15) is 4.79 Å². The highest BCUT2D eigenvalue weighted by atomic mass is 16.5. The summed E-state index contributed by atoms with van der Waals surface area (Å²) in [6.45, 7) is 3.93. The highest BCUT2D eigenvalue weighted by molar-refractivity contribution is 5.80. The second kappa shape index (κ2) is 6.96. The predicted molar refractivity (Wildman–Crippen MR) is 95.2 cm³/mol. The largest absolute Gasteiger partial charge is 0.488 e. The molecule has 5 nitrogen and oxygen atoms in total. The van der Waals surface area contributed by atoms with Crippen molar-refractivity contribution in [3.63, 3.8) is 0 Å². The molecule has 2 aliphatic carbocycles. The van der Waals surface area contributed by atoms with Gasteiger partial charge in [0, 0.05) is 24.6 Å². The first kappa shape index (κ1) is 16.9. The van der Waals surface area contributed by atoms with Gasteiger partial charge in [0.15, 0.2) is 0 Å². The summed E-state index contributed by atoms with van der Waals surface area (Å²) in [6, 6.07) is 6.18. The molecule has 3 aliphatic rings. The summed E-state index contributed by atoms with van der Waals surface area (Å²) in [7, 11) is 0. The van der Waals surface area contributed by atoms with Crippen LogP contribution >= 0.6 is 0 Å². The van der Waals surface area contributed by atoms with E-state index in [2.05, 4.69) is 18.3 Å². The van der Waals surface area contributed by atoms with E-state index in [1.54, 1.807) is 0 Å². The number of nitrogens with one attached hydrogen (secondary N) is 1. The van der Waals surface area contributed by atoms with E-state index in [0.717, 1.165) is 42.7 Å². The molecule has 136 valence electrons. The van der Waals surface area contributed by atoms with Crippen molar-refractivity contribution in [2.75, 3.05) is 13.2 Å². The van der Waals surface area contributed by atoms with Crippen LogP contribution in [0.25, 0.3) is 0 Å². The number of hydrogen-bond acceptors (Lipinski definition) is 4. The van der Waals surface area contributed by atoms with Crippen LogP contribution in [-0.2, 0) is 16.1 Å². The van der Waals surface area contributed by atoms with Crippen LogP contribution in [0, 0.1) is 24.7 Å². The van der Waals surface area contributed by atoms with Crippen LogP contribution in [0.15, 0.2) is 18.2 Å². The summed E-state index contributed by atoms with van der Waals surface area (Å²) in [5.74, 6) is 1.96. The number of fused-ring (bicyclic) bond motifs is 2. The van der Waals surface area contributed by atoms with E-state index in [-0.39, 0.29) is 24.0 Å². The first-order valence-corrected chi connectivity index (χ1v) is 9.49. The van der Waals surface area contributed by atoms with Gasteiger partial charge in [-0.05, 0) is 49.7 Å². The van der Waals surface area contributed by atoms with Crippen molar-refractivity contribution in [3.05, 3.63) is 29.3 Å². The molecule has 5 atom stereocenters. The number of hydrogen-bond donors (Lipinski definition) is 2. The average molecular weight is 344 g/mol. The lowest BCUT2D eigenvalue weighted by Gasteiger charge is -2.27. The first-order valence-electron chi connectivity index (χ1n) is 9.49. The molecule has 1 amide bonds. The van der Waals surface area contributed by atoms with E-state index in [1.807, 2.05) is 12.1 Å². The smallest absolute Gasteiger partial charge is 0.225 e. The maximum absolute atomic E-state index is 12.7. The van der Waals surface area contributed by atoms with E-state index in [1.165, 1.54) is 6.42 Å². The van der Waals surface area contributed by atoms with Gasteiger partial charge in [-0.1, -0.05) is 12.1 Å². The molecular formula is C20H28N2O3. The van der Waals surface area contributed by atoms with E-state index >= 15 is 0 Å². The van der Waals surface area contributed by atoms with E-state index in [0.29, 0.717) is 25.0 Å². The monoisotopic (exact) mass is 344 g/mol. The molecule has 3 fully saturated rings. The number of carbonyl (C=O) groups is 1. The predicted octanol–water partition coefficient (Wildman–Crippen LogP) is 2.15. The standard InChI is InChI=1S/C20H28N2O3/c1-12-2-3-15(17(8-12)25-16-6-7-24-11-16)10-22-20(23)18-13-4-5-14(9-13)19(18)21/h2-3,8,13-14,16,18-19H,4-7,9-11,21H2,1H3,(H,22,23). The van der Waals surface area contributed by atoms with Crippen molar-refractivity contribution in [2.45, 2.75) is 51.3 Å². The van der Waals surface area contributed by atoms with Gasteiger partial charge < -0.3 is 20.5 Å². The summed E-state index contributed by atoms with van der Waals surface area (Å²) in [5, 5.41) is 3.11. The summed E-state index contributed by atoms with van der Waals surface area (Å²) < 4.78 is 11.5. The van der Waals surface area contributed by atoms with Crippen LogP contribution in [-0.4, -0.2) is 31.3 Å². The highest BCUT2D eigenvalue weighted by Crippen LogP contribution is 2.47. The van der Waals surface area contributed by atoms with Gasteiger partial charge in [0.1, 0.15) is 11.9 Å². The molecule has 1 aromatic carbocycles. The molecule has 5 unspecified atom stereocenters. The Hall–Kier alpha value is -1.59. The molecule has 2 saturated carbocycles. The fourth-order valence-corrected chi connectivity index (χ4v) is 4.73. The number of nitrogens with two attached hydrogens (primary N) is 1. The fraction of sp³-hybridized carbons (Fsp3) is 0.650. The molecule has 25 heavy (non-hydrogen) atoms. The van der Waals surface area contributed by atoms with Crippen LogP contribution in [0.1, 0.15) is 36.8 Å². The topological polar surface area (TPSA) is 73.6 Å². The number of carbonyl (C=O) groups excluding carboxylic acids is 1. The zero-order valence-corrected chi connectivity index (χ0v) is 14.9. The number of amides is 1. The quantitative estimate of drug-likeness (QED) is 0.858. The third-order valence-corrected chi connectivity index (χ3v) is 6.14. The highest BCUT2D eigenvalue weighted by Gasteiger charge is 2.48. The summed E-state index contributed by atoms with van der Waals surface area (Å²) in [6.07, 6.45) is 4.49. The summed E-state index contributed by atoms with van der Waals surface area (Å²) >= 11 is 0. The average Bonchev–Trinajstić information content (AvgIpc) is 3.31. The number of rotatable bonds is 5. The number of benzene rings is 1. The van der Waals surface area contributed by atoms with Crippen LogP contribution in [0.5, 0.6) is 5.75 Å². The molecule has 1 saturated heterocycles. The van der Waals surface area contributed by atoms with Gasteiger partial charge in [0.2, 0.25) is 5.91 Å². The van der Waals surface area contributed by atoms with Gasteiger partial charge in [0.25, 0.3) is 0 Å². The van der Waals surface area contributed by atoms with E-state index < -0.39 is 0 Å². The Morgan fingerprint density at radius 2 is 2.16 bits per heavy atom. The minimum absolute atomic E-state index is 0.0169. The SMILES string of the molecule is Cc1ccc(CNC(=O)C2C3CCC(C3)C2N)c(OC2CCOC2)c1. The van der Waals surface area contributed by atoms with Gasteiger partial charge >= 0.3 is 0 Å². The van der Waals surface area contributed by atoms with Gasteiger partial charge in [-0.3, -0.25) is 4.79 Å². The van der Waals surface area contributed by atoms with Crippen LogP contribution < -0.4 is 15.8 Å². The lowest BCUT2D eigenvalue weighted by molar-refractivity contribution is -0.127. The van der Waals surface area contributed by atoms with Crippen molar-refractivity contribution in [1.29, 1.82) is 0 Å². The lowest BCUT2D eigenvalue weighted by atomic mass is 9.84. The minimum atomic E-state index is -0.0169. The maximum Gasteiger partial charge on any atom is 0.225 e. The normalized spacial score (nSPS) is 33.6. The molecule has 0 radical (unpaired) electrons. The van der Waals surface area contributed by atoms with Crippen LogP contribution in [0.2, 0.25) is 0 Å². The third-order valence-electron chi connectivity index (χ3n) is 6.14. The van der Waals surface area contributed by atoms with Gasteiger partial charge in [0.05, 0.1) is 19.1 Å². The van der Waals surface area contributed by atoms with Crippen LogP contribution in [0.3, 0.4) is 0 Å². The van der Waals surface area contributed by atoms with Gasteiger partial charge in [-0.2, -0.15) is 0 Å². The van der Waals surface area contributed by atoms with Crippen molar-refractivity contribution < 1.29 is 14.3 Å². The zero-order valence-electron chi connectivity index (χ0n) is 14.9. The Labute approximate surface area is 149 Å². The molecule has 0 aromatic heterocycles. The molecule has 1 heterocycles.